The summed E-state index contributed by atoms with van der Waals surface area (Å²) in [6.45, 7) is 3.77. The van der Waals surface area contributed by atoms with Gasteiger partial charge in [-0.25, -0.2) is 9.18 Å². The number of nitrogens with one attached hydrogen (secondary N) is 1. The van der Waals surface area contributed by atoms with E-state index in [1.54, 1.807) is 12.1 Å². The number of benzene rings is 2. The molecule has 1 N–H and O–H groups in total. The van der Waals surface area contributed by atoms with Gasteiger partial charge in [-0.15, -0.1) is 0 Å². The van der Waals surface area contributed by atoms with Gasteiger partial charge in [-0.2, -0.15) is 0 Å². The molecule has 192 valence electrons. The van der Waals surface area contributed by atoms with Crippen LogP contribution in [0, 0.1) is 11.7 Å². The number of likely N-dealkylation sites (tertiary alicyclic amines) is 1. The van der Waals surface area contributed by atoms with Gasteiger partial charge in [0.1, 0.15) is 11.4 Å². The molecule has 4 rings (SSSR count). The first-order valence-electron chi connectivity index (χ1n) is 12.8. The number of carbonyl (C=O) groups excluding carboxylic acids is 2. The summed E-state index contributed by atoms with van der Waals surface area (Å²) in [6.07, 6.45) is 7.05. The topological polar surface area (TPSA) is 55.9 Å². The molecule has 2 heterocycles. The summed E-state index contributed by atoms with van der Waals surface area (Å²) in [4.78, 5) is 32.7. The number of urea groups is 1. The van der Waals surface area contributed by atoms with Gasteiger partial charge in [-0.05, 0) is 82.2 Å². The van der Waals surface area contributed by atoms with Gasteiger partial charge >= 0.3 is 6.03 Å². The standard InChI is InChI=1S/C29H37FN4O2/c1-32(2)17-7-19-34-27(35)29(31-28(34)36,22-24-11-13-26(30)14-12-24)25-15-20-33(21-16-25)18-6-10-23-8-4-3-5-9-23/h3-6,8-14,25H,7,15-22H2,1-2H3,(H,31,36)/b10-6+/t29-/m0/s1. The molecule has 36 heavy (non-hydrogen) atoms. The summed E-state index contributed by atoms with van der Waals surface area (Å²) < 4.78 is 13.5. The van der Waals surface area contributed by atoms with Crippen molar-refractivity contribution in [2.24, 2.45) is 5.92 Å². The fourth-order valence-electron chi connectivity index (χ4n) is 5.37. The Morgan fingerprint density at radius 2 is 1.75 bits per heavy atom. The fraction of sp³-hybridized carbons (Fsp3) is 0.448. The molecule has 2 aromatic carbocycles. The van der Waals surface area contributed by atoms with Crippen molar-refractivity contribution in [1.82, 2.24) is 20.0 Å². The third kappa shape index (κ3) is 6.20. The van der Waals surface area contributed by atoms with E-state index < -0.39 is 5.54 Å². The number of carbonyl (C=O) groups is 2. The number of hydrogen-bond donors (Lipinski definition) is 1. The van der Waals surface area contributed by atoms with Crippen LogP contribution in [-0.2, 0) is 11.2 Å². The highest BCUT2D eigenvalue weighted by molar-refractivity contribution is 6.07. The smallest absolute Gasteiger partial charge is 0.322 e. The lowest BCUT2D eigenvalue weighted by atomic mass is 9.74. The Labute approximate surface area is 213 Å². The largest absolute Gasteiger partial charge is 0.325 e. The van der Waals surface area contributed by atoms with Crippen LogP contribution in [-0.4, -0.2) is 79.0 Å². The van der Waals surface area contributed by atoms with Crippen molar-refractivity contribution in [2.45, 2.75) is 31.2 Å². The van der Waals surface area contributed by atoms with E-state index in [0.29, 0.717) is 13.0 Å². The lowest BCUT2D eigenvalue weighted by Crippen LogP contribution is -2.57. The third-order valence-corrected chi connectivity index (χ3v) is 7.34. The zero-order chi connectivity index (χ0) is 25.5. The molecular formula is C29H37FN4O2. The number of nitrogens with zero attached hydrogens (tertiary/aromatic N) is 3. The summed E-state index contributed by atoms with van der Waals surface area (Å²) >= 11 is 0. The molecule has 3 amide bonds. The van der Waals surface area contributed by atoms with Crippen molar-refractivity contribution in [3.63, 3.8) is 0 Å². The van der Waals surface area contributed by atoms with Gasteiger partial charge < -0.3 is 10.2 Å². The van der Waals surface area contributed by atoms with Crippen molar-refractivity contribution in [3.05, 3.63) is 77.6 Å². The number of hydrogen-bond acceptors (Lipinski definition) is 4. The average molecular weight is 493 g/mol. The molecule has 2 saturated heterocycles. The van der Waals surface area contributed by atoms with Crippen molar-refractivity contribution in [1.29, 1.82) is 0 Å². The Morgan fingerprint density at radius 3 is 2.42 bits per heavy atom. The Hall–Kier alpha value is -3.03. The number of rotatable bonds is 10. The van der Waals surface area contributed by atoms with E-state index in [2.05, 4.69) is 34.5 Å². The molecule has 2 aromatic rings. The monoisotopic (exact) mass is 492 g/mol. The van der Waals surface area contributed by atoms with Crippen LogP contribution < -0.4 is 5.32 Å². The number of piperidine rings is 1. The molecule has 1 atom stereocenters. The second-order valence-corrected chi connectivity index (χ2v) is 10.2. The van der Waals surface area contributed by atoms with E-state index in [-0.39, 0.29) is 23.7 Å². The summed E-state index contributed by atoms with van der Waals surface area (Å²) in [7, 11) is 3.96. The lowest BCUT2D eigenvalue weighted by Gasteiger charge is -2.41. The van der Waals surface area contributed by atoms with E-state index >= 15 is 0 Å². The first-order valence-corrected chi connectivity index (χ1v) is 12.8. The van der Waals surface area contributed by atoms with E-state index in [4.69, 9.17) is 0 Å². The quantitative estimate of drug-likeness (QED) is 0.509. The Bertz CT molecular complexity index is 1050. The first-order chi connectivity index (χ1) is 17.4. The molecule has 0 spiro atoms. The second-order valence-electron chi connectivity index (χ2n) is 10.2. The van der Waals surface area contributed by atoms with Crippen LogP contribution in [0.1, 0.15) is 30.4 Å². The van der Waals surface area contributed by atoms with E-state index in [0.717, 1.165) is 51.0 Å². The minimum absolute atomic E-state index is 0.0206. The first kappa shape index (κ1) is 26.0. The van der Waals surface area contributed by atoms with Crippen LogP contribution in [0.2, 0.25) is 0 Å². The van der Waals surface area contributed by atoms with Gasteiger partial charge in [0.2, 0.25) is 0 Å². The van der Waals surface area contributed by atoms with Gasteiger partial charge in [0, 0.05) is 19.5 Å². The van der Waals surface area contributed by atoms with Crippen molar-refractivity contribution >= 4 is 18.0 Å². The number of amides is 3. The molecule has 0 saturated carbocycles. The summed E-state index contributed by atoms with van der Waals surface area (Å²) in [6, 6.07) is 16.2. The maximum atomic E-state index is 13.8. The highest BCUT2D eigenvalue weighted by atomic mass is 19.1. The van der Waals surface area contributed by atoms with Crippen LogP contribution in [0.5, 0.6) is 0 Å². The molecule has 0 aliphatic carbocycles. The Kier molecular flexibility index (Phi) is 8.54. The maximum Gasteiger partial charge on any atom is 0.325 e. The zero-order valence-electron chi connectivity index (χ0n) is 21.3. The number of halogens is 1. The number of imide groups is 1. The summed E-state index contributed by atoms with van der Waals surface area (Å²) in [5.74, 6) is -0.429. The highest BCUT2D eigenvalue weighted by Gasteiger charge is 2.55. The maximum absolute atomic E-state index is 13.8. The summed E-state index contributed by atoms with van der Waals surface area (Å²) in [5.41, 5.74) is 1.05. The zero-order valence-corrected chi connectivity index (χ0v) is 21.3. The molecule has 6 nitrogen and oxygen atoms in total. The minimum atomic E-state index is -0.987. The van der Waals surface area contributed by atoms with Crippen LogP contribution in [0.3, 0.4) is 0 Å². The molecule has 2 aliphatic rings. The van der Waals surface area contributed by atoms with E-state index in [1.807, 2.05) is 37.2 Å². The molecule has 0 unspecified atom stereocenters. The molecule has 7 heteroatoms. The molecule has 0 radical (unpaired) electrons. The van der Waals surface area contributed by atoms with E-state index in [1.165, 1.54) is 22.6 Å². The molecule has 2 aliphatic heterocycles. The molecule has 0 bridgehead atoms. The molecule has 0 aromatic heterocycles. The SMILES string of the molecule is CN(C)CCCN1C(=O)N[C@@](Cc2ccc(F)cc2)(C2CCN(C/C=C/c3ccccc3)CC2)C1=O. The normalized spacial score (nSPS) is 21.6. The van der Waals surface area contributed by atoms with Gasteiger partial charge in [0.15, 0.2) is 0 Å². The fourth-order valence-corrected chi connectivity index (χ4v) is 5.37. The second kappa shape index (κ2) is 11.8. The van der Waals surface area contributed by atoms with E-state index in [9.17, 15) is 14.0 Å². The van der Waals surface area contributed by atoms with Gasteiger partial charge in [-0.1, -0.05) is 54.6 Å². The van der Waals surface area contributed by atoms with Crippen LogP contribution >= 0.6 is 0 Å². The molecular weight excluding hydrogens is 455 g/mol. The van der Waals surface area contributed by atoms with Crippen molar-refractivity contribution in [2.75, 3.05) is 46.8 Å². The molecule has 2 fully saturated rings. The van der Waals surface area contributed by atoms with Gasteiger partial charge in [0.25, 0.3) is 5.91 Å². The average Bonchev–Trinajstić information content (AvgIpc) is 3.11. The minimum Gasteiger partial charge on any atom is -0.322 e. The van der Waals surface area contributed by atoms with Crippen molar-refractivity contribution in [3.8, 4) is 0 Å². The highest BCUT2D eigenvalue weighted by Crippen LogP contribution is 2.36. The van der Waals surface area contributed by atoms with Crippen LogP contribution in [0.25, 0.3) is 6.08 Å². The van der Waals surface area contributed by atoms with Gasteiger partial charge in [-0.3, -0.25) is 14.6 Å². The van der Waals surface area contributed by atoms with Crippen LogP contribution in [0.4, 0.5) is 9.18 Å². The third-order valence-electron chi connectivity index (χ3n) is 7.34. The van der Waals surface area contributed by atoms with Crippen LogP contribution in [0.15, 0.2) is 60.7 Å². The van der Waals surface area contributed by atoms with Gasteiger partial charge in [0.05, 0.1) is 0 Å². The Morgan fingerprint density at radius 1 is 1.06 bits per heavy atom. The Balaban J connectivity index is 1.46. The summed E-state index contributed by atoms with van der Waals surface area (Å²) in [5, 5.41) is 3.12. The predicted octanol–water partition coefficient (Wildman–Crippen LogP) is 4.04. The lowest BCUT2D eigenvalue weighted by molar-refractivity contribution is -0.134. The van der Waals surface area contributed by atoms with Crippen molar-refractivity contribution < 1.29 is 14.0 Å². The predicted molar refractivity (Wildman–Crippen MR) is 141 cm³/mol.